The van der Waals surface area contributed by atoms with E-state index in [9.17, 15) is 47.0 Å². The van der Waals surface area contributed by atoms with Gasteiger partial charge < -0.3 is 65.6 Å². The zero-order chi connectivity index (χ0) is 77.7. The molecule has 12 atom stereocenters. The number of piperidine rings is 1. The summed E-state index contributed by atoms with van der Waals surface area (Å²) in [6, 6.07) is 3.53. The molecule has 2 fully saturated rings. The number of alkyl halides is 3. The van der Waals surface area contributed by atoms with Gasteiger partial charge in [-0.3, -0.25) is 57.5 Å². The van der Waals surface area contributed by atoms with Crippen LogP contribution in [0, 0.1) is 29.6 Å². The van der Waals surface area contributed by atoms with Crippen LogP contribution in [0.4, 0.5) is 13.2 Å². The number of carbonyl (C=O) groups is 12. The predicted molar refractivity (Wildman–Crippen MR) is 384 cm³/mol. The van der Waals surface area contributed by atoms with Crippen LogP contribution in [0.15, 0.2) is 60.7 Å². The number of likely N-dealkylation sites (tertiary alicyclic amines) is 1. The summed E-state index contributed by atoms with van der Waals surface area (Å²) in [5.74, 6) is -11.2. The molecule has 2 aromatic rings. The van der Waals surface area contributed by atoms with Crippen molar-refractivity contribution < 1.29 is 75.8 Å². The van der Waals surface area contributed by atoms with Crippen molar-refractivity contribution in [3.63, 3.8) is 0 Å². The molecule has 5 N–H and O–H groups in total. The molecule has 0 aromatic heterocycles. The maximum atomic E-state index is 15.6. The number of hydrogen-bond donors (Lipinski definition) is 5. The third-order valence-electron chi connectivity index (χ3n) is 19.9. The van der Waals surface area contributed by atoms with Crippen LogP contribution in [0.1, 0.15) is 158 Å². The van der Waals surface area contributed by atoms with Crippen molar-refractivity contribution >= 4 is 70.9 Å². The molecule has 0 aliphatic carbocycles. The number of aliphatic hydroxyl groups is 1. The molecule has 576 valence electrons. The molecule has 2 heterocycles. The third kappa shape index (κ3) is 25.0. The van der Waals surface area contributed by atoms with Gasteiger partial charge >= 0.3 is 6.18 Å². The van der Waals surface area contributed by atoms with Gasteiger partial charge in [-0.15, -0.1) is 0 Å². The number of aliphatic hydroxyl groups excluding tert-OH is 1. The van der Waals surface area contributed by atoms with E-state index in [1.54, 1.807) is 109 Å². The van der Waals surface area contributed by atoms with E-state index in [1.165, 1.54) is 71.0 Å². The standard InChI is InChI=1S/C75H117F3N12O13/c1-19-49(10)64-68(97)82-63(48(8)9)74(103)83(12)44-62(93)85(14)56(39-46(4)5)66(95)81-55(71(100)90-36-27-22-28-37-90)43-61(92)84(13)50(11)65(94)79-53(34-29-35-60(91)75(76,77)78)69(98)87(16)58(40-47(6)7)72(101)86(15)57(41-51-30-23-20-24-31-51)67(96)80-54(38-45(2)3)70(99)88(17)59(73(102)89(64)18)42-52-32-25-21-26-33-52/h20-21,23-26,30-33,45-50,53-60,63-64,91H,19,22,27-29,34-44H2,1-18H3,(H,79,94)(H,80,96)(H,81,95)(H,82,97)/t49-,50-,53-,54-,55-,56-,57-,58-,59-,60?,63?,64-/m0/s1. The summed E-state index contributed by atoms with van der Waals surface area (Å²) in [6.07, 6.45) is -8.17. The summed E-state index contributed by atoms with van der Waals surface area (Å²) in [5, 5.41) is 21.2. The summed E-state index contributed by atoms with van der Waals surface area (Å²) < 4.78 is 41.3. The smallest absolute Gasteiger partial charge is 0.384 e. The maximum Gasteiger partial charge on any atom is 0.414 e. The Bertz CT molecular complexity index is 3190. The normalized spacial score (nSPS) is 25.2. The zero-order valence-electron chi connectivity index (χ0n) is 63.9. The molecule has 0 spiro atoms. The van der Waals surface area contributed by atoms with Crippen LogP contribution < -0.4 is 21.3 Å². The average Bonchev–Trinajstić information content (AvgIpc) is 0.808. The highest BCUT2D eigenvalue weighted by atomic mass is 19.4. The zero-order valence-corrected chi connectivity index (χ0v) is 63.9. The van der Waals surface area contributed by atoms with Gasteiger partial charge in [0, 0.05) is 75.3 Å². The minimum absolute atomic E-state index is 0.0290. The largest absolute Gasteiger partial charge is 0.414 e. The number of benzene rings is 2. The quantitative estimate of drug-likeness (QED) is 0.128. The molecule has 103 heavy (non-hydrogen) atoms. The Morgan fingerprint density at radius 1 is 0.524 bits per heavy atom. The van der Waals surface area contributed by atoms with Gasteiger partial charge in [0.2, 0.25) is 70.9 Å². The lowest BCUT2D eigenvalue weighted by Gasteiger charge is -2.39. The molecular formula is C75H117F3N12O13. The molecule has 2 unspecified atom stereocenters. The van der Waals surface area contributed by atoms with Gasteiger partial charge in [-0.2, -0.15) is 13.2 Å². The molecule has 12 amide bonds. The summed E-state index contributed by atoms with van der Waals surface area (Å²) in [6.45, 7) is 19.1. The van der Waals surface area contributed by atoms with E-state index in [4.69, 9.17) is 0 Å². The Kier molecular flexibility index (Phi) is 34.0. The molecule has 25 nitrogen and oxygen atoms in total. The van der Waals surface area contributed by atoms with Crippen molar-refractivity contribution in [2.75, 3.05) is 69.0 Å². The van der Waals surface area contributed by atoms with Gasteiger partial charge in [0.15, 0.2) is 0 Å². The molecular weight excluding hydrogens is 1330 g/mol. The van der Waals surface area contributed by atoms with Crippen molar-refractivity contribution in [3.05, 3.63) is 71.8 Å². The Balaban J connectivity index is 2.00. The Hall–Kier alpha value is -8.17. The first-order valence-corrected chi connectivity index (χ1v) is 36.3. The number of halogens is 3. The van der Waals surface area contributed by atoms with Crippen LogP contribution in [0.2, 0.25) is 0 Å². The van der Waals surface area contributed by atoms with Crippen LogP contribution in [-0.2, 0) is 70.4 Å². The lowest BCUT2D eigenvalue weighted by molar-refractivity contribution is -0.205. The first-order chi connectivity index (χ1) is 48.1. The summed E-state index contributed by atoms with van der Waals surface area (Å²) in [5.41, 5.74) is 1.23. The molecule has 2 saturated heterocycles. The van der Waals surface area contributed by atoms with Crippen LogP contribution in [-0.4, -0.2) is 257 Å². The lowest BCUT2D eigenvalue weighted by atomic mass is 9.93. The van der Waals surface area contributed by atoms with Crippen molar-refractivity contribution in [1.29, 1.82) is 0 Å². The second-order valence-electron chi connectivity index (χ2n) is 29.8. The predicted octanol–water partition coefficient (Wildman–Crippen LogP) is 5.20. The molecule has 0 saturated carbocycles. The number of hydrogen-bond acceptors (Lipinski definition) is 13. The minimum Gasteiger partial charge on any atom is -0.384 e. The number of nitrogens with one attached hydrogen (secondary N) is 4. The first kappa shape index (κ1) is 87.2. The fraction of sp³-hybridized carbons (Fsp3) is 0.680. The van der Waals surface area contributed by atoms with E-state index in [1.807, 2.05) is 20.8 Å². The van der Waals surface area contributed by atoms with Gasteiger partial charge in [-0.05, 0) is 105 Å². The minimum atomic E-state index is -5.04. The average molecular weight is 1450 g/mol. The fourth-order valence-electron chi connectivity index (χ4n) is 13.1. The van der Waals surface area contributed by atoms with Gasteiger partial charge in [0.25, 0.3) is 0 Å². The second kappa shape index (κ2) is 40.2. The molecule has 2 aliphatic rings. The van der Waals surface area contributed by atoms with Crippen molar-refractivity contribution in [1.82, 2.24) is 60.5 Å². The van der Waals surface area contributed by atoms with E-state index in [0.29, 0.717) is 43.5 Å². The third-order valence-corrected chi connectivity index (χ3v) is 19.9. The fourth-order valence-corrected chi connectivity index (χ4v) is 13.1. The van der Waals surface area contributed by atoms with Crippen LogP contribution in [0.3, 0.4) is 0 Å². The van der Waals surface area contributed by atoms with E-state index in [2.05, 4.69) is 21.3 Å². The maximum absolute atomic E-state index is 15.6. The van der Waals surface area contributed by atoms with E-state index >= 15 is 28.8 Å². The first-order valence-electron chi connectivity index (χ1n) is 36.3. The Morgan fingerprint density at radius 2 is 1.00 bits per heavy atom. The summed E-state index contributed by atoms with van der Waals surface area (Å²) in [4.78, 5) is 189. The number of likely N-dealkylation sites (N-methyl/N-ethyl adjacent to an activating group) is 7. The van der Waals surface area contributed by atoms with Crippen molar-refractivity contribution in [2.24, 2.45) is 29.6 Å². The van der Waals surface area contributed by atoms with Gasteiger partial charge in [-0.1, -0.05) is 136 Å². The SMILES string of the molecule is CC[C@H](C)[C@H]1C(=O)NC(C(C)C)C(=O)N(C)CC(=O)N(C)[C@@H](CC(C)C)C(=O)N[C@H](C(=O)N2CCCCC2)CC(=O)N(C)[C@@H](C)C(=O)N[C@@H](CCCC(O)C(F)(F)F)C(=O)N(C)[C@@H](CC(C)C)C(=O)N(C)[C@@H](Cc2ccccc2)C(=O)N[C@@H](CC(C)C)C(=O)N(C)[C@@H](Cc2ccccc2)C(=O)N1C. The summed E-state index contributed by atoms with van der Waals surface area (Å²) in [7, 11) is 9.47. The van der Waals surface area contributed by atoms with E-state index in [-0.39, 0.29) is 49.9 Å². The van der Waals surface area contributed by atoms with E-state index in [0.717, 1.165) is 30.9 Å². The number of nitrogens with zero attached hydrogens (tertiary/aromatic N) is 8. The number of amides is 12. The lowest BCUT2D eigenvalue weighted by Crippen LogP contribution is -2.62. The molecule has 2 aromatic carbocycles. The Morgan fingerprint density at radius 3 is 1.51 bits per heavy atom. The van der Waals surface area contributed by atoms with Gasteiger partial charge in [0.1, 0.15) is 66.5 Å². The molecule has 2 aliphatic heterocycles. The van der Waals surface area contributed by atoms with Gasteiger partial charge in [0.05, 0.1) is 13.0 Å². The van der Waals surface area contributed by atoms with Gasteiger partial charge in [-0.25, -0.2) is 0 Å². The summed E-state index contributed by atoms with van der Waals surface area (Å²) >= 11 is 0. The highest BCUT2D eigenvalue weighted by Gasteiger charge is 2.45. The second-order valence-corrected chi connectivity index (χ2v) is 29.8. The highest BCUT2D eigenvalue weighted by molar-refractivity contribution is 6.00. The van der Waals surface area contributed by atoms with Crippen LogP contribution in [0.5, 0.6) is 0 Å². The number of carbonyl (C=O) groups excluding carboxylic acids is 12. The monoisotopic (exact) mass is 1450 g/mol. The molecule has 0 bridgehead atoms. The topological polar surface area (TPSA) is 299 Å². The highest BCUT2D eigenvalue weighted by Crippen LogP contribution is 2.27. The van der Waals surface area contributed by atoms with Crippen molar-refractivity contribution in [2.45, 2.75) is 232 Å². The van der Waals surface area contributed by atoms with Crippen molar-refractivity contribution in [3.8, 4) is 0 Å². The van der Waals surface area contributed by atoms with Crippen LogP contribution >= 0.6 is 0 Å². The molecule has 4 rings (SSSR count). The van der Waals surface area contributed by atoms with E-state index < -0.39 is 188 Å². The number of rotatable bonds is 18. The Labute approximate surface area is 607 Å². The van der Waals surface area contributed by atoms with Crippen LogP contribution in [0.25, 0.3) is 0 Å². The molecule has 0 radical (unpaired) electrons. The molecule has 28 heteroatoms.